The van der Waals surface area contributed by atoms with E-state index >= 15 is 0 Å². The van der Waals surface area contributed by atoms with Crippen LogP contribution >= 0.6 is 0 Å². The molecule has 1 fully saturated rings. The predicted molar refractivity (Wildman–Crippen MR) is 60.7 cm³/mol. The lowest BCUT2D eigenvalue weighted by Crippen LogP contribution is -2.08. The van der Waals surface area contributed by atoms with Gasteiger partial charge in [-0.3, -0.25) is 4.98 Å². The number of pyridine rings is 1. The van der Waals surface area contributed by atoms with Crippen molar-refractivity contribution >= 4 is 5.82 Å². The van der Waals surface area contributed by atoms with E-state index in [4.69, 9.17) is 10.3 Å². The molecule has 0 aromatic carbocycles. The topological polar surface area (TPSA) is 64.9 Å². The minimum absolute atomic E-state index is 0.480. The third kappa shape index (κ3) is 1.38. The second-order valence-corrected chi connectivity index (χ2v) is 4.17. The lowest BCUT2D eigenvalue weighted by molar-refractivity contribution is 0.302. The minimum Gasteiger partial charge on any atom is -0.380 e. The van der Waals surface area contributed by atoms with Crippen molar-refractivity contribution in [2.45, 2.75) is 25.2 Å². The second kappa shape index (κ2) is 3.63. The number of nitrogen functional groups attached to an aromatic ring is 1. The maximum atomic E-state index is 5.86. The molecular formula is C12H13N3O. The highest BCUT2D eigenvalue weighted by Crippen LogP contribution is 2.43. The van der Waals surface area contributed by atoms with Gasteiger partial charge in [0.15, 0.2) is 5.82 Å². The smallest absolute Gasteiger partial charge is 0.175 e. The van der Waals surface area contributed by atoms with Gasteiger partial charge >= 0.3 is 0 Å². The summed E-state index contributed by atoms with van der Waals surface area (Å²) in [7, 11) is 0. The van der Waals surface area contributed by atoms with Crippen molar-refractivity contribution in [1.82, 2.24) is 10.1 Å². The van der Waals surface area contributed by atoms with E-state index in [0.29, 0.717) is 11.7 Å². The third-order valence-corrected chi connectivity index (χ3v) is 3.19. The average molecular weight is 215 g/mol. The first-order chi connectivity index (χ1) is 7.86. The van der Waals surface area contributed by atoms with Crippen molar-refractivity contribution in [1.29, 1.82) is 0 Å². The molecule has 2 heterocycles. The van der Waals surface area contributed by atoms with Crippen molar-refractivity contribution in [3.63, 3.8) is 0 Å². The van der Waals surface area contributed by atoms with Crippen LogP contribution in [0.15, 0.2) is 29.0 Å². The van der Waals surface area contributed by atoms with Gasteiger partial charge in [-0.05, 0) is 30.5 Å². The van der Waals surface area contributed by atoms with Crippen molar-refractivity contribution in [2.24, 2.45) is 0 Å². The number of nitrogens with two attached hydrogens (primary N) is 1. The molecule has 1 aliphatic carbocycles. The second-order valence-electron chi connectivity index (χ2n) is 4.17. The van der Waals surface area contributed by atoms with Crippen LogP contribution in [0.5, 0.6) is 0 Å². The van der Waals surface area contributed by atoms with Crippen LogP contribution in [0.3, 0.4) is 0 Å². The summed E-state index contributed by atoms with van der Waals surface area (Å²) >= 11 is 0. The van der Waals surface area contributed by atoms with E-state index in [1.54, 1.807) is 12.4 Å². The SMILES string of the molecule is Nc1noc(C2CCC2)c1-c1ccncc1. The summed E-state index contributed by atoms with van der Waals surface area (Å²) in [6.07, 6.45) is 7.12. The number of rotatable bonds is 2. The Balaban J connectivity index is 2.08. The van der Waals surface area contributed by atoms with E-state index in [0.717, 1.165) is 16.9 Å². The molecule has 0 unspecified atom stereocenters. The average Bonchev–Trinajstić information content (AvgIpc) is 2.59. The molecular weight excluding hydrogens is 202 g/mol. The van der Waals surface area contributed by atoms with E-state index < -0.39 is 0 Å². The van der Waals surface area contributed by atoms with Gasteiger partial charge in [0, 0.05) is 18.3 Å². The van der Waals surface area contributed by atoms with Crippen LogP contribution in [-0.2, 0) is 0 Å². The third-order valence-electron chi connectivity index (χ3n) is 3.19. The van der Waals surface area contributed by atoms with Gasteiger partial charge in [-0.15, -0.1) is 0 Å². The zero-order chi connectivity index (χ0) is 11.0. The first kappa shape index (κ1) is 9.39. The van der Waals surface area contributed by atoms with E-state index in [1.165, 1.54) is 19.3 Å². The van der Waals surface area contributed by atoms with Crippen LogP contribution in [0, 0.1) is 0 Å². The summed E-state index contributed by atoms with van der Waals surface area (Å²) in [6.45, 7) is 0. The van der Waals surface area contributed by atoms with Crippen molar-refractivity contribution in [2.75, 3.05) is 5.73 Å². The molecule has 0 bridgehead atoms. The molecule has 1 saturated carbocycles. The Labute approximate surface area is 93.5 Å². The first-order valence-corrected chi connectivity index (χ1v) is 5.51. The molecule has 2 aromatic heterocycles. The highest BCUT2D eigenvalue weighted by atomic mass is 16.5. The molecule has 4 nitrogen and oxygen atoms in total. The van der Waals surface area contributed by atoms with Gasteiger partial charge < -0.3 is 10.3 Å². The zero-order valence-corrected chi connectivity index (χ0v) is 8.89. The summed E-state index contributed by atoms with van der Waals surface area (Å²) in [5.41, 5.74) is 7.85. The van der Waals surface area contributed by atoms with E-state index in [9.17, 15) is 0 Å². The lowest BCUT2D eigenvalue weighted by atomic mass is 9.81. The summed E-state index contributed by atoms with van der Waals surface area (Å²) < 4.78 is 5.36. The number of hydrogen-bond acceptors (Lipinski definition) is 4. The molecule has 0 atom stereocenters. The van der Waals surface area contributed by atoms with Crippen molar-refractivity contribution in [3.05, 3.63) is 30.3 Å². The van der Waals surface area contributed by atoms with Crippen LogP contribution in [0.1, 0.15) is 30.9 Å². The Morgan fingerprint density at radius 1 is 1.25 bits per heavy atom. The highest BCUT2D eigenvalue weighted by molar-refractivity contribution is 5.75. The number of aromatic nitrogens is 2. The van der Waals surface area contributed by atoms with Gasteiger partial charge in [-0.1, -0.05) is 11.6 Å². The number of hydrogen-bond donors (Lipinski definition) is 1. The largest absolute Gasteiger partial charge is 0.380 e. The fourth-order valence-electron chi connectivity index (χ4n) is 2.07. The maximum absolute atomic E-state index is 5.86. The standard InChI is InChI=1S/C12H13N3O/c13-12-10(8-4-6-14-7-5-8)11(16-15-12)9-2-1-3-9/h4-7,9H,1-3H2,(H2,13,15). The van der Waals surface area contributed by atoms with Gasteiger partial charge in [0.1, 0.15) is 5.76 Å². The molecule has 2 N–H and O–H groups in total. The van der Waals surface area contributed by atoms with Gasteiger partial charge in [-0.2, -0.15) is 0 Å². The number of anilines is 1. The van der Waals surface area contributed by atoms with E-state index in [1.807, 2.05) is 12.1 Å². The van der Waals surface area contributed by atoms with Crippen molar-refractivity contribution in [3.8, 4) is 11.1 Å². The van der Waals surface area contributed by atoms with Gasteiger partial charge in [0.05, 0.1) is 5.56 Å². The molecule has 0 radical (unpaired) electrons. The highest BCUT2D eigenvalue weighted by Gasteiger charge is 2.28. The molecule has 82 valence electrons. The minimum atomic E-state index is 0.480. The fraction of sp³-hybridized carbons (Fsp3) is 0.333. The van der Waals surface area contributed by atoms with Crippen LogP contribution in [0.2, 0.25) is 0 Å². The number of nitrogens with zero attached hydrogens (tertiary/aromatic N) is 2. The Morgan fingerprint density at radius 3 is 2.62 bits per heavy atom. The summed E-state index contributed by atoms with van der Waals surface area (Å²) in [6, 6.07) is 3.87. The molecule has 4 heteroatoms. The molecule has 3 rings (SSSR count). The summed E-state index contributed by atoms with van der Waals surface area (Å²) in [5, 5.41) is 3.88. The van der Waals surface area contributed by atoms with Gasteiger partial charge in [-0.25, -0.2) is 0 Å². The van der Waals surface area contributed by atoms with Crippen molar-refractivity contribution < 1.29 is 4.52 Å². The predicted octanol–water partition coefficient (Wildman–Crippen LogP) is 2.59. The maximum Gasteiger partial charge on any atom is 0.175 e. The van der Waals surface area contributed by atoms with Crippen LogP contribution in [0.25, 0.3) is 11.1 Å². The molecule has 1 aliphatic rings. The van der Waals surface area contributed by atoms with Gasteiger partial charge in [0.25, 0.3) is 0 Å². The van der Waals surface area contributed by atoms with Crippen LogP contribution < -0.4 is 5.73 Å². The van der Waals surface area contributed by atoms with Crippen LogP contribution in [0.4, 0.5) is 5.82 Å². The van der Waals surface area contributed by atoms with E-state index in [2.05, 4.69) is 10.1 Å². The lowest BCUT2D eigenvalue weighted by Gasteiger charge is -2.23. The first-order valence-electron chi connectivity index (χ1n) is 5.51. The zero-order valence-electron chi connectivity index (χ0n) is 8.89. The Bertz CT molecular complexity index is 488. The molecule has 0 aliphatic heterocycles. The van der Waals surface area contributed by atoms with E-state index in [-0.39, 0.29) is 0 Å². The molecule has 0 amide bonds. The van der Waals surface area contributed by atoms with Crippen LogP contribution in [-0.4, -0.2) is 10.1 Å². The summed E-state index contributed by atoms with van der Waals surface area (Å²) in [5.74, 6) is 1.91. The normalized spacial score (nSPS) is 16.0. The van der Waals surface area contributed by atoms with Gasteiger partial charge in [0.2, 0.25) is 0 Å². The monoisotopic (exact) mass is 215 g/mol. The Morgan fingerprint density at radius 2 is 2.00 bits per heavy atom. The molecule has 16 heavy (non-hydrogen) atoms. The summed E-state index contributed by atoms with van der Waals surface area (Å²) in [4.78, 5) is 4.00. The Kier molecular flexibility index (Phi) is 2.13. The molecule has 0 spiro atoms. The fourth-order valence-corrected chi connectivity index (χ4v) is 2.07. The molecule has 2 aromatic rings. The quantitative estimate of drug-likeness (QED) is 0.836. The molecule has 0 saturated heterocycles. The Hall–Kier alpha value is -1.84.